The minimum atomic E-state index is -0.546. The Labute approximate surface area is 155 Å². The first kappa shape index (κ1) is 20.4. The summed E-state index contributed by atoms with van der Waals surface area (Å²) in [6.07, 6.45) is 8.55. The third-order valence-electron chi connectivity index (χ3n) is 4.79. The Hall–Kier alpha value is -1.89. The molecule has 0 aromatic carbocycles. The van der Waals surface area contributed by atoms with Gasteiger partial charge in [0.05, 0.1) is 13.7 Å². The van der Waals surface area contributed by atoms with Crippen LogP contribution in [-0.2, 0) is 20.8 Å². The lowest BCUT2D eigenvalue weighted by Crippen LogP contribution is -2.32. The van der Waals surface area contributed by atoms with Gasteiger partial charge in [-0.3, -0.25) is 4.79 Å². The average Bonchev–Trinajstić information content (AvgIpc) is 3.33. The fourth-order valence-corrected chi connectivity index (χ4v) is 3.32. The molecule has 0 bridgehead atoms. The van der Waals surface area contributed by atoms with E-state index < -0.39 is 5.97 Å². The number of oxazole rings is 1. The highest BCUT2D eigenvalue weighted by atomic mass is 16.5. The predicted octanol–water partition coefficient (Wildman–Crippen LogP) is 3.19. The number of esters is 1. The van der Waals surface area contributed by atoms with Crippen molar-refractivity contribution in [2.75, 3.05) is 26.9 Å². The predicted molar refractivity (Wildman–Crippen MR) is 95.6 cm³/mol. The van der Waals surface area contributed by atoms with E-state index in [1.165, 1.54) is 39.1 Å². The minimum Gasteiger partial charge on any atom is -0.464 e. The summed E-state index contributed by atoms with van der Waals surface area (Å²) in [5, 5.41) is 0. The Bertz CT molecular complexity index is 566. The average molecular weight is 366 g/mol. The first-order valence-electron chi connectivity index (χ1n) is 9.52. The zero-order valence-corrected chi connectivity index (χ0v) is 15.9. The van der Waals surface area contributed by atoms with Gasteiger partial charge in [0.25, 0.3) is 0 Å². The molecular formula is C19H30N2O5. The Morgan fingerprint density at radius 1 is 1.35 bits per heavy atom. The van der Waals surface area contributed by atoms with Crippen LogP contribution in [-0.4, -0.2) is 48.6 Å². The molecule has 1 saturated carbocycles. The van der Waals surface area contributed by atoms with E-state index in [4.69, 9.17) is 9.15 Å². The highest BCUT2D eigenvalue weighted by Crippen LogP contribution is 2.28. The molecule has 1 fully saturated rings. The van der Waals surface area contributed by atoms with Crippen LogP contribution in [0.2, 0.25) is 0 Å². The van der Waals surface area contributed by atoms with Crippen molar-refractivity contribution < 1.29 is 23.5 Å². The number of carbonyl (C=O) groups is 2. The molecule has 0 unspecified atom stereocenters. The maximum atomic E-state index is 12.7. The maximum Gasteiger partial charge on any atom is 0.360 e. The molecule has 2 rings (SSSR count). The molecule has 1 aliphatic rings. The molecule has 0 spiro atoms. The van der Waals surface area contributed by atoms with Crippen LogP contribution in [0.25, 0.3) is 0 Å². The van der Waals surface area contributed by atoms with Crippen molar-refractivity contribution in [2.24, 2.45) is 5.92 Å². The number of carbonyl (C=O) groups excluding carboxylic acids is 2. The minimum absolute atomic E-state index is 0.103. The van der Waals surface area contributed by atoms with E-state index in [9.17, 15) is 9.59 Å². The van der Waals surface area contributed by atoms with Crippen molar-refractivity contribution in [1.82, 2.24) is 9.88 Å². The van der Waals surface area contributed by atoms with Crippen LogP contribution in [0, 0.1) is 5.92 Å². The zero-order valence-electron chi connectivity index (χ0n) is 15.9. The van der Waals surface area contributed by atoms with Crippen LogP contribution in [0.3, 0.4) is 0 Å². The molecule has 1 aromatic heterocycles. The van der Waals surface area contributed by atoms with Crippen molar-refractivity contribution in [3.8, 4) is 0 Å². The molecule has 7 heteroatoms. The van der Waals surface area contributed by atoms with Gasteiger partial charge in [-0.25, -0.2) is 9.78 Å². The molecule has 1 amide bonds. The lowest BCUT2D eigenvalue weighted by atomic mass is 10.0. The molecule has 7 nitrogen and oxygen atoms in total. The number of rotatable bonds is 11. The van der Waals surface area contributed by atoms with Crippen LogP contribution < -0.4 is 0 Å². The number of hydrogen-bond donors (Lipinski definition) is 0. The van der Waals surface area contributed by atoms with Gasteiger partial charge < -0.3 is 18.8 Å². The van der Waals surface area contributed by atoms with Crippen LogP contribution in [0.5, 0.6) is 0 Å². The molecule has 0 saturated heterocycles. The van der Waals surface area contributed by atoms with Gasteiger partial charge in [0.1, 0.15) is 6.26 Å². The highest BCUT2D eigenvalue weighted by molar-refractivity contribution is 5.86. The largest absolute Gasteiger partial charge is 0.464 e. The number of ether oxygens (including phenoxy) is 2. The molecular weight excluding hydrogens is 336 g/mol. The summed E-state index contributed by atoms with van der Waals surface area (Å²) in [6, 6.07) is 0. The van der Waals surface area contributed by atoms with E-state index in [1.54, 1.807) is 4.90 Å². The number of aromatic nitrogens is 1. The van der Waals surface area contributed by atoms with Gasteiger partial charge in [0.15, 0.2) is 5.69 Å². The van der Waals surface area contributed by atoms with Crippen molar-refractivity contribution in [2.45, 2.75) is 58.4 Å². The number of methoxy groups -OCH3 is 1. The van der Waals surface area contributed by atoms with Gasteiger partial charge in [-0.05, 0) is 25.7 Å². The lowest BCUT2D eigenvalue weighted by molar-refractivity contribution is -0.132. The Balaban J connectivity index is 1.91. The second-order valence-corrected chi connectivity index (χ2v) is 6.67. The third kappa shape index (κ3) is 6.44. The molecule has 0 atom stereocenters. The number of nitrogens with zero attached hydrogens (tertiary/aromatic N) is 2. The fourth-order valence-electron chi connectivity index (χ4n) is 3.32. The standard InChI is InChI=1S/C19H30N2O5/c1-3-25-12-6-11-21(18(22)10-9-15-7-4-5-8-15)13-17-20-16(14-26-17)19(23)24-2/h14-15H,3-13H2,1-2H3. The summed E-state index contributed by atoms with van der Waals surface area (Å²) >= 11 is 0. The van der Waals surface area contributed by atoms with Crippen LogP contribution in [0.15, 0.2) is 10.7 Å². The Morgan fingerprint density at radius 2 is 2.12 bits per heavy atom. The van der Waals surface area contributed by atoms with Crippen LogP contribution in [0.4, 0.5) is 0 Å². The fraction of sp³-hybridized carbons (Fsp3) is 0.737. The molecule has 1 heterocycles. The van der Waals surface area contributed by atoms with Gasteiger partial charge in [-0.2, -0.15) is 0 Å². The van der Waals surface area contributed by atoms with Crippen molar-refractivity contribution in [1.29, 1.82) is 0 Å². The van der Waals surface area contributed by atoms with Crippen LogP contribution in [0.1, 0.15) is 68.2 Å². The summed E-state index contributed by atoms with van der Waals surface area (Å²) < 4.78 is 15.3. The van der Waals surface area contributed by atoms with Crippen LogP contribution >= 0.6 is 0 Å². The van der Waals surface area contributed by atoms with Gasteiger partial charge in [0, 0.05) is 26.2 Å². The molecule has 0 N–H and O–H groups in total. The van der Waals surface area contributed by atoms with E-state index in [0.29, 0.717) is 38.0 Å². The zero-order chi connectivity index (χ0) is 18.8. The topological polar surface area (TPSA) is 81.9 Å². The van der Waals surface area contributed by atoms with Crippen molar-refractivity contribution in [3.05, 3.63) is 17.8 Å². The summed E-state index contributed by atoms with van der Waals surface area (Å²) in [5.74, 6) is 0.578. The smallest absolute Gasteiger partial charge is 0.360 e. The van der Waals surface area contributed by atoms with Crippen molar-refractivity contribution in [3.63, 3.8) is 0 Å². The second-order valence-electron chi connectivity index (χ2n) is 6.67. The quantitative estimate of drug-likeness (QED) is 0.442. The highest BCUT2D eigenvalue weighted by Gasteiger charge is 2.21. The van der Waals surface area contributed by atoms with E-state index in [0.717, 1.165) is 12.8 Å². The third-order valence-corrected chi connectivity index (χ3v) is 4.79. The lowest BCUT2D eigenvalue weighted by Gasteiger charge is -2.22. The van der Waals surface area contributed by atoms with Crippen molar-refractivity contribution >= 4 is 11.9 Å². The Morgan fingerprint density at radius 3 is 2.81 bits per heavy atom. The first-order chi connectivity index (χ1) is 12.6. The number of hydrogen-bond acceptors (Lipinski definition) is 6. The molecule has 0 aliphatic heterocycles. The second kappa shape index (κ2) is 11.0. The summed E-state index contributed by atoms with van der Waals surface area (Å²) in [5.41, 5.74) is 0.121. The molecule has 146 valence electrons. The van der Waals surface area contributed by atoms with E-state index in [-0.39, 0.29) is 18.1 Å². The molecule has 1 aliphatic carbocycles. The van der Waals surface area contributed by atoms with Gasteiger partial charge in [-0.15, -0.1) is 0 Å². The van der Waals surface area contributed by atoms with E-state index >= 15 is 0 Å². The molecule has 0 radical (unpaired) electrons. The molecule has 1 aromatic rings. The van der Waals surface area contributed by atoms with E-state index in [2.05, 4.69) is 9.72 Å². The van der Waals surface area contributed by atoms with Gasteiger partial charge in [0.2, 0.25) is 11.8 Å². The normalized spacial score (nSPS) is 14.5. The van der Waals surface area contributed by atoms with Gasteiger partial charge >= 0.3 is 5.97 Å². The monoisotopic (exact) mass is 366 g/mol. The summed E-state index contributed by atoms with van der Waals surface area (Å²) in [7, 11) is 1.29. The van der Waals surface area contributed by atoms with Gasteiger partial charge in [-0.1, -0.05) is 25.7 Å². The maximum absolute atomic E-state index is 12.7. The Kier molecular flexibility index (Phi) is 8.61. The first-order valence-corrected chi connectivity index (χ1v) is 9.52. The molecule has 26 heavy (non-hydrogen) atoms. The number of amides is 1. The van der Waals surface area contributed by atoms with E-state index in [1.807, 2.05) is 6.92 Å². The summed E-state index contributed by atoms with van der Waals surface area (Å²) in [4.78, 5) is 30.1. The SMILES string of the molecule is CCOCCCN(Cc1nc(C(=O)OC)co1)C(=O)CCC1CCCC1. The summed E-state index contributed by atoms with van der Waals surface area (Å²) in [6.45, 7) is 4.07.